The summed E-state index contributed by atoms with van der Waals surface area (Å²) in [6, 6.07) is 7.28. The van der Waals surface area contributed by atoms with Crippen molar-refractivity contribution in [2.75, 3.05) is 37.7 Å². The third-order valence-electron chi connectivity index (χ3n) is 5.30. The zero-order valence-corrected chi connectivity index (χ0v) is 18.6. The molecule has 32 heavy (non-hydrogen) atoms. The molecular weight excluding hydrogens is 432 g/mol. The maximum Gasteiger partial charge on any atom is 0.348 e. The van der Waals surface area contributed by atoms with Crippen LogP contribution in [0.4, 0.5) is 5.88 Å². The van der Waals surface area contributed by atoms with E-state index in [0.29, 0.717) is 42.7 Å². The summed E-state index contributed by atoms with van der Waals surface area (Å²) in [5.74, 6) is 0.307. The van der Waals surface area contributed by atoms with Gasteiger partial charge in [0.05, 0.1) is 6.26 Å². The summed E-state index contributed by atoms with van der Waals surface area (Å²) in [5, 5.41) is 9.41. The molecule has 10 heteroatoms. The number of nitriles is 1. The van der Waals surface area contributed by atoms with E-state index in [0.717, 1.165) is 16.9 Å². The van der Waals surface area contributed by atoms with Crippen molar-refractivity contribution in [2.24, 2.45) is 0 Å². The molecule has 0 aromatic carbocycles. The van der Waals surface area contributed by atoms with Gasteiger partial charge in [0.1, 0.15) is 10.9 Å². The molecule has 1 amide bonds. The summed E-state index contributed by atoms with van der Waals surface area (Å²) < 4.78 is 16.3. The van der Waals surface area contributed by atoms with Gasteiger partial charge in [0, 0.05) is 31.1 Å². The van der Waals surface area contributed by atoms with E-state index in [2.05, 4.69) is 4.98 Å². The molecule has 0 radical (unpaired) electrons. The van der Waals surface area contributed by atoms with Gasteiger partial charge in [-0.15, -0.1) is 11.3 Å². The molecule has 0 N–H and O–H groups in total. The number of amides is 1. The molecule has 0 spiro atoms. The molecule has 4 rings (SSSR count). The van der Waals surface area contributed by atoms with Crippen LogP contribution in [0.2, 0.25) is 0 Å². The number of piperazine rings is 1. The maximum absolute atomic E-state index is 12.5. The largest absolute Gasteiger partial charge is 0.459 e. The number of aromatic nitrogens is 1. The normalized spacial score (nSPS) is 13.8. The monoisotopic (exact) mass is 454 g/mol. The minimum atomic E-state index is -0.476. The quantitative estimate of drug-likeness (QED) is 0.522. The number of hydrogen-bond acceptors (Lipinski definition) is 9. The van der Waals surface area contributed by atoms with Crippen LogP contribution < -0.4 is 4.90 Å². The van der Waals surface area contributed by atoms with E-state index < -0.39 is 5.97 Å². The Balaban J connectivity index is 1.32. The van der Waals surface area contributed by atoms with E-state index in [1.807, 2.05) is 30.9 Å². The van der Waals surface area contributed by atoms with Crippen LogP contribution in [0.25, 0.3) is 11.7 Å². The predicted molar refractivity (Wildman–Crippen MR) is 116 cm³/mol. The second-order valence-corrected chi connectivity index (χ2v) is 8.51. The van der Waals surface area contributed by atoms with Gasteiger partial charge in [0.15, 0.2) is 12.4 Å². The van der Waals surface area contributed by atoms with Crippen molar-refractivity contribution >= 4 is 29.1 Å². The second-order valence-electron chi connectivity index (χ2n) is 7.25. The fraction of sp³-hybridized carbons (Fsp3) is 0.364. The molecule has 0 aliphatic carbocycles. The van der Waals surface area contributed by atoms with Gasteiger partial charge >= 0.3 is 5.97 Å². The zero-order valence-electron chi connectivity index (χ0n) is 17.8. The molecule has 0 bridgehead atoms. The molecule has 166 valence electrons. The van der Waals surface area contributed by atoms with Crippen molar-refractivity contribution in [1.29, 1.82) is 5.26 Å². The average molecular weight is 455 g/mol. The first-order valence-corrected chi connectivity index (χ1v) is 11.1. The Hall–Kier alpha value is -3.58. The molecular formula is C22H22N4O5S. The van der Waals surface area contributed by atoms with E-state index >= 15 is 0 Å². The number of furan rings is 1. The highest BCUT2D eigenvalue weighted by atomic mass is 32.1. The number of carbonyl (C=O) groups excluding carboxylic acids is 2. The van der Waals surface area contributed by atoms with Crippen LogP contribution in [-0.2, 0) is 16.0 Å². The number of oxazole rings is 1. The second kappa shape index (κ2) is 9.28. The van der Waals surface area contributed by atoms with Gasteiger partial charge in [-0.2, -0.15) is 10.2 Å². The molecule has 1 aliphatic rings. The minimum Gasteiger partial charge on any atom is -0.459 e. The molecule has 3 aromatic rings. The Kier molecular flexibility index (Phi) is 6.28. The molecule has 3 aromatic heterocycles. The number of rotatable bonds is 6. The van der Waals surface area contributed by atoms with Crippen molar-refractivity contribution in [1.82, 2.24) is 9.88 Å². The first kappa shape index (κ1) is 21.6. The fourth-order valence-corrected chi connectivity index (χ4v) is 4.53. The molecule has 0 atom stereocenters. The van der Waals surface area contributed by atoms with Gasteiger partial charge in [-0.25, -0.2) is 4.79 Å². The van der Waals surface area contributed by atoms with Crippen molar-refractivity contribution in [2.45, 2.75) is 20.3 Å². The Labute approximate surface area is 188 Å². The third-order valence-corrected chi connectivity index (χ3v) is 6.37. The molecule has 0 unspecified atom stereocenters. The standard InChI is InChI=1S/C22H22N4O5S/c1-3-15-11-18(32-14(15)2)22(28)30-13-19(27)25-6-8-26(9-7-25)21-16(12-23)24-20(31-21)17-5-4-10-29-17/h4-5,10-11H,3,6-9,13H2,1-2H3. The summed E-state index contributed by atoms with van der Waals surface area (Å²) in [4.78, 5) is 34.1. The minimum absolute atomic E-state index is 0.169. The number of anilines is 1. The van der Waals surface area contributed by atoms with Crippen LogP contribution in [0.3, 0.4) is 0 Å². The van der Waals surface area contributed by atoms with Crippen LogP contribution in [-0.4, -0.2) is 54.5 Å². The van der Waals surface area contributed by atoms with Crippen molar-refractivity contribution in [3.8, 4) is 17.7 Å². The third kappa shape index (κ3) is 4.38. The molecule has 4 heterocycles. The van der Waals surface area contributed by atoms with E-state index in [-0.39, 0.29) is 24.1 Å². The van der Waals surface area contributed by atoms with Crippen LogP contribution in [0.15, 0.2) is 33.3 Å². The number of thiophene rings is 1. The number of hydrogen-bond donors (Lipinski definition) is 0. The number of esters is 1. The van der Waals surface area contributed by atoms with Crippen LogP contribution in [0.5, 0.6) is 0 Å². The number of ether oxygens (including phenoxy) is 1. The van der Waals surface area contributed by atoms with Crippen LogP contribution in [0, 0.1) is 18.3 Å². The lowest BCUT2D eigenvalue weighted by Crippen LogP contribution is -2.50. The number of nitrogens with zero attached hydrogens (tertiary/aromatic N) is 4. The van der Waals surface area contributed by atoms with Gasteiger partial charge < -0.3 is 23.4 Å². The van der Waals surface area contributed by atoms with Gasteiger partial charge in [-0.1, -0.05) is 6.92 Å². The molecule has 1 fully saturated rings. The average Bonchev–Trinajstić information content (AvgIpc) is 3.56. The lowest BCUT2D eigenvalue weighted by atomic mass is 10.2. The number of aryl methyl sites for hydroxylation is 2. The van der Waals surface area contributed by atoms with E-state index in [1.54, 1.807) is 17.0 Å². The van der Waals surface area contributed by atoms with E-state index in [9.17, 15) is 14.9 Å². The molecule has 1 aliphatic heterocycles. The Morgan fingerprint density at radius 3 is 2.72 bits per heavy atom. The van der Waals surface area contributed by atoms with Crippen LogP contribution >= 0.6 is 11.3 Å². The number of carbonyl (C=O) groups is 2. The molecule has 1 saturated heterocycles. The predicted octanol–water partition coefficient (Wildman–Crippen LogP) is 3.24. The molecule has 9 nitrogen and oxygen atoms in total. The summed E-state index contributed by atoms with van der Waals surface area (Å²) in [7, 11) is 0. The highest BCUT2D eigenvalue weighted by Gasteiger charge is 2.27. The Morgan fingerprint density at radius 1 is 1.31 bits per heavy atom. The van der Waals surface area contributed by atoms with Crippen molar-refractivity contribution < 1.29 is 23.2 Å². The highest BCUT2D eigenvalue weighted by molar-refractivity contribution is 7.14. The fourth-order valence-electron chi connectivity index (χ4n) is 3.52. The van der Waals surface area contributed by atoms with Gasteiger partial charge in [0.2, 0.25) is 11.6 Å². The SMILES string of the molecule is CCc1cc(C(=O)OCC(=O)N2CCN(c3oc(-c4ccco4)nc3C#N)CC2)sc1C. The van der Waals surface area contributed by atoms with Crippen molar-refractivity contribution in [3.63, 3.8) is 0 Å². The Bertz CT molecular complexity index is 1150. The lowest BCUT2D eigenvalue weighted by molar-refractivity contribution is -0.134. The summed E-state index contributed by atoms with van der Waals surface area (Å²) in [6.07, 6.45) is 2.35. The molecule has 0 saturated carbocycles. The topological polar surface area (TPSA) is 113 Å². The van der Waals surface area contributed by atoms with Gasteiger partial charge in [-0.05, 0) is 37.1 Å². The van der Waals surface area contributed by atoms with Gasteiger partial charge in [0.25, 0.3) is 11.8 Å². The summed E-state index contributed by atoms with van der Waals surface area (Å²) >= 11 is 1.38. The summed E-state index contributed by atoms with van der Waals surface area (Å²) in [5.41, 5.74) is 1.28. The zero-order chi connectivity index (χ0) is 22.7. The van der Waals surface area contributed by atoms with E-state index in [1.165, 1.54) is 17.6 Å². The van der Waals surface area contributed by atoms with Crippen LogP contribution in [0.1, 0.15) is 32.7 Å². The first-order chi connectivity index (χ1) is 15.5. The smallest absolute Gasteiger partial charge is 0.348 e. The maximum atomic E-state index is 12.5. The lowest BCUT2D eigenvalue weighted by Gasteiger charge is -2.34. The van der Waals surface area contributed by atoms with Gasteiger partial charge in [-0.3, -0.25) is 4.79 Å². The highest BCUT2D eigenvalue weighted by Crippen LogP contribution is 2.29. The Morgan fingerprint density at radius 2 is 2.09 bits per heavy atom. The first-order valence-electron chi connectivity index (χ1n) is 10.2. The van der Waals surface area contributed by atoms with Crippen molar-refractivity contribution in [3.05, 3.63) is 45.5 Å². The van der Waals surface area contributed by atoms with E-state index in [4.69, 9.17) is 13.6 Å². The summed E-state index contributed by atoms with van der Waals surface area (Å²) in [6.45, 7) is 5.45.